The summed E-state index contributed by atoms with van der Waals surface area (Å²) in [5.41, 5.74) is 7.56. The Morgan fingerprint density at radius 2 is 1.54 bits per heavy atom. The van der Waals surface area contributed by atoms with Gasteiger partial charge in [-0.25, -0.2) is 4.98 Å². The van der Waals surface area contributed by atoms with Crippen LogP contribution in [0.2, 0.25) is 0 Å². The minimum atomic E-state index is -0.165. The molecule has 0 aliphatic heterocycles. The van der Waals surface area contributed by atoms with Gasteiger partial charge in [-0.15, -0.1) is 0 Å². The van der Waals surface area contributed by atoms with Gasteiger partial charge in [0, 0.05) is 27.1 Å². The Morgan fingerprint density at radius 1 is 0.769 bits per heavy atom. The van der Waals surface area contributed by atoms with Crippen molar-refractivity contribution in [1.29, 1.82) is 0 Å². The lowest BCUT2D eigenvalue weighted by Gasteiger charge is -2.27. The minimum Gasteiger partial charge on any atom is -0.456 e. The molecule has 26 heavy (non-hydrogen) atoms. The van der Waals surface area contributed by atoms with E-state index in [-0.39, 0.29) is 5.41 Å². The van der Waals surface area contributed by atoms with Crippen molar-refractivity contribution < 1.29 is 4.42 Å². The second-order valence-electron chi connectivity index (χ2n) is 7.66. The lowest BCUT2D eigenvalue weighted by atomic mass is 9.76. The third-order valence-electron chi connectivity index (χ3n) is 5.85. The second kappa shape index (κ2) is 4.53. The predicted octanol–water partition coefficient (Wildman–Crippen LogP) is 6.44. The predicted molar refractivity (Wildman–Crippen MR) is 107 cm³/mol. The van der Waals surface area contributed by atoms with Gasteiger partial charge in [-0.1, -0.05) is 56.3 Å². The van der Waals surface area contributed by atoms with E-state index in [2.05, 4.69) is 80.6 Å². The van der Waals surface area contributed by atoms with Gasteiger partial charge in [0.25, 0.3) is 0 Å². The number of nitrogens with zero attached hydrogens (tertiary/aromatic N) is 1. The number of rotatable bonds is 0. The summed E-state index contributed by atoms with van der Waals surface area (Å²) < 4.78 is 6.18. The molecule has 0 amide bonds. The van der Waals surface area contributed by atoms with Crippen molar-refractivity contribution >= 4 is 32.8 Å². The summed E-state index contributed by atoms with van der Waals surface area (Å²) in [6.07, 6.45) is 0. The van der Waals surface area contributed by atoms with Crippen LogP contribution in [0.25, 0.3) is 44.1 Å². The maximum atomic E-state index is 6.18. The molecule has 0 atom stereocenters. The Hall–Kier alpha value is -3.13. The van der Waals surface area contributed by atoms with Gasteiger partial charge in [0.15, 0.2) is 0 Å². The van der Waals surface area contributed by atoms with E-state index < -0.39 is 0 Å². The zero-order valence-corrected chi connectivity index (χ0v) is 14.7. The van der Waals surface area contributed by atoms with Crippen molar-refractivity contribution in [2.24, 2.45) is 0 Å². The zero-order chi connectivity index (χ0) is 17.5. The third kappa shape index (κ3) is 1.60. The lowest BCUT2D eigenvalue weighted by Crippen LogP contribution is -2.20. The molecule has 1 aliphatic carbocycles. The summed E-state index contributed by atoms with van der Waals surface area (Å²) in [7, 11) is 0. The molecule has 0 N–H and O–H groups in total. The number of benzene rings is 3. The first-order valence-corrected chi connectivity index (χ1v) is 9.00. The van der Waals surface area contributed by atoms with Crippen LogP contribution in [-0.4, -0.2) is 4.98 Å². The van der Waals surface area contributed by atoms with Gasteiger partial charge in [0.1, 0.15) is 11.2 Å². The number of para-hydroxylation sites is 1. The maximum absolute atomic E-state index is 6.18. The maximum Gasteiger partial charge on any atom is 0.136 e. The van der Waals surface area contributed by atoms with Gasteiger partial charge in [0.2, 0.25) is 0 Å². The summed E-state index contributed by atoms with van der Waals surface area (Å²) in [4.78, 5) is 5.10. The lowest BCUT2D eigenvalue weighted by molar-refractivity contribution is 0.642. The van der Waals surface area contributed by atoms with E-state index in [1.165, 1.54) is 32.8 Å². The van der Waals surface area contributed by atoms with Crippen LogP contribution in [0.4, 0.5) is 0 Å². The first kappa shape index (κ1) is 14.1. The average Bonchev–Trinajstić information content (AvgIpc) is 3.02. The van der Waals surface area contributed by atoms with E-state index in [4.69, 9.17) is 9.40 Å². The molecular formula is C24H17NO. The van der Waals surface area contributed by atoms with E-state index in [9.17, 15) is 0 Å². The Balaban J connectivity index is 1.92. The van der Waals surface area contributed by atoms with Crippen LogP contribution >= 0.6 is 0 Å². The van der Waals surface area contributed by atoms with Crippen molar-refractivity contribution in [3.63, 3.8) is 0 Å². The first-order chi connectivity index (χ1) is 12.6. The van der Waals surface area contributed by atoms with Crippen LogP contribution in [0.5, 0.6) is 0 Å². The smallest absolute Gasteiger partial charge is 0.136 e. The largest absolute Gasteiger partial charge is 0.456 e. The van der Waals surface area contributed by atoms with E-state index in [0.29, 0.717) is 0 Å². The van der Waals surface area contributed by atoms with Gasteiger partial charge >= 0.3 is 0 Å². The molecule has 0 saturated heterocycles. The minimum absolute atomic E-state index is 0.165. The van der Waals surface area contributed by atoms with Crippen LogP contribution < -0.4 is 0 Å². The number of hydrogen-bond donors (Lipinski definition) is 0. The summed E-state index contributed by atoms with van der Waals surface area (Å²) in [6.45, 7) is 4.59. The molecule has 0 unspecified atom stereocenters. The fourth-order valence-corrected chi connectivity index (χ4v) is 4.53. The summed E-state index contributed by atoms with van der Waals surface area (Å²) in [6, 6.07) is 23.4. The van der Waals surface area contributed by atoms with Crippen LogP contribution in [0, 0.1) is 0 Å². The number of pyridine rings is 1. The molecule has 0 fully saturated rings. The van der Waals surface area contributed by atoms with Crippen LogP contribution in [0.15, 0.2) is 71.1 Å². The monoisotopic (exact) mass is 335 g/mol. The highest BCUT2D eigenvalue weighted by Gasteiger charge is 2.34. The molecule has 1 aliphatic rings. The van der Waals surface area contributed by atoms with Crippen molar-refractivity contribution in [2.45, 2.75) is 19.3 Å². The van der Waals surface area contributed by atoms with Crippen LogP contribution in [-0.2, 0) is 5.41 Å². The molecule has 2 heterocycles. The molecule has 0 spiro atoms. The Kier molecular flexibility index (Phi) is 2.45. The summed E-state index contributed by atoms with van der Waals surface area (Å²) in [5, 5.41) is 3.60. The standard InChI is InChI=1S/C24H17NO/c1-24(2)16-9-6-12-20-22(16)21-15(8-5-11-19(21)26-20)23-17(24)13-14-7-3-4-10-18(14)25-23/h3-13H,1-2H3. The average molecular weight is 335 g/mol. The molecule has 2 aromatic heterocycles. The van der Waals surface area contributed by atoms with Crippen LogP contribution in [0.1, 0.15) is 25.0 Å². The summed E-state index contributed by atoms with van der Waals surface area (Å²) >= 11 is 0. The van der Waals surface area contributed by atoms with Crippen molar-refractivity contribution in [3.8, 4) is 11.3 Å². The number of furan rings is 1. The van der Waals surface area contributed by atoms with Crippen molar-refractivity contribution in [2.75, 3.05) is 0 Å². The first-order valence-electron chi connectivity index (χ1n) is 9.00. The zero-order valence-electron chi connectivity index (χ0n) is 14.7. The number of hydrogen-bond acceptors (Lipinski definition) is 2. The molecule has 6 rings (SSSR count). The normalized spacial score (nSPS) is 14.8. The van der Waals surface area contributed by atoms with Gasteiger partial charge in [-0.3, -0.25) is 0 Å². The van der Waals surface area contributed by atoms with Gasteiger partial charge < -0.3 is 4.42 Å². The highest BCUT2D eigenvalue weighted by Crippen LogP contribution is 2.49. The Bertz CT molecular complexity index is 1360. The SMILES string of the molecule is CC1(C)c2cc3ccccc3nc2-c2cccc3oc4cccc1c4c23. The molecule has 0 radical (unpaired) electrons. The molecule has 0 saturated carbocycles. The second-order valence-corrected chi connectivity index (χ2v) is 7.66. The molecule has 0 bridgehead atoms. The van der Waals surface area contributed by atoms with Crippen molar-refractivity contribution in [1.82, 2.24) is 4.98 Å². The number of fused-ring (bicyclic) bond motifs is 3. The fourth-order valence-electron chi connectivity index (χ4n) is 4.53. The quantitative estimate of drug-likeness (QED) is 0.325. The van der Waals surface area contributed by atoms with Gasteiger partial charge in [-0.2, -0.15) is 0 Å². The highest BCUT2D eigenvalue weighted by atomic mass is 16.3. The highest BCUT2D eigenvalue weighted by molar-refractivity contribution is 6.15. The van der Waals surface area contributed by atoms with E-state index in [0.717, 1.165) is 22.4 Å². The summed E-state index contributed by atoms with van der Waals surface area (Å²) in [5.74, 6) is 0. The molecule has 5 aromatic rings. The molecule has 2 heteroatoms. The fraction of sp³-hybridized carbons (Fsp3) is 0.125. The molecule has 3 aromatic carbocycles. The molecule has 2 nitrogen and oxygen atoms in total. The number of aromatic nitrogens is 1. The Labute approximate surface area is 151 Å². The third-order valence-corrected chi connectivity index (χ3v) is 5.85. The van der Waals surface area contributed by atoms with Gasteiger partial charge in [-0.05, 0) is 35.4 Å². The van der Waals surface area contributed by atoms with E-state index in [1.54, 1.807) is 0 Å². The van der Waals surface area contributed by atoms with E-state index >= 15 is 0 Å². The van der Waals surface area contributed by atoms with Crippen molar-refractivity contribution in [3.05, 3.63) is 77.9 Å². The van der Waals surface area contributed by atoms with Gasteiger partial charge in [0.05, 0.1) is 11.2 Å². The Morgan fingerprint density at radius 3 is 2.42 bits per heavy atom. The topological polar surface area (TPSA) is 26.0 Å². The molecular weight excluding hydrogens is 318 g/mol. The molecule has 124 valence electrons. The van der Waals surface area contributed by atoms with E-state index in [1.807, 2.05) is 0 Å². The van der Waals surface area contributed by atoms with Crippen LogP contribution in [0.3, 0.4) is 0 Å².